The Kier molecular flexibility index (Phi) is 10.5. The first-order valence-corrected chi connectivity index (χ1v) is 14.8. The van der Waals surface area contributed by atoms with Crippen molar-refractivity contribution in [3.05, 3.63) is 59.2 Å². The van der Waals surface area contributed by atoms with Crippen LogP contribution >= 0.6 is 0 Å². The van der Waals surface area contributed by atoms with E-state index in [4.69, 9.17) is 4.74 Å². The number of amides is 2. The SMILES string of the molecule is C[C@H]1CN([C@@H](C)CO)C(=O)Cc2cc(NC(=O)C3CCCCC3)ccc2O[C@@H]1CN(C)Cc1ccc(C(F)(F)F)cc1. The summed E-state index contributed by atoms with van der Waals surface area (Å²) in [4.78, 5) is 30.0. The maximum Gasteiger partial charge on any atom is 0.416 e. The van der Waals surface area contributed by atoms with E-state index in [2.05, 4.69) is 5.32 Å². The number of hydrogen-bond donors (Lipinski definition) is 2. The summed E-state index contributed by atoms with van der Waals surface area (Å²) in [6.07, 6.45) is 0.346. The molecular formula is C32H42F3N3O4. The van der Waals surface area contributed by atoms with Gasteiger partial charge < -0.3 is 20.1 Å². The molecule has 230 valence electrons. The topological polar surface area (TPSA) is 82.1 Å². The second-order valence-electron chi connectivity index (χ2n) is 11.9. The van der Waals surface area contributed by atoms with Crippen LogP contribution in [0.1, 0.15) is 62.6 Å². The van der Waals surface area contributed by atoms with Crippen molar-refractivity contribution in [1.82, 2.24) is 9.80 Å². The highest BCUT2D eigenvalue weighted by Crippen LogP contribution is 2.32. The van der Waals surface area contributed by atoms with E-state index in [9.17, 15) is 27.9 Å². The number of benzene rings is 2. The van der Waals surface area contributed by atoms with Crippen molar-refractivity contribution in [2.75, 3.05) is 32.1 Å². The molecule has 0 spiro atoms. The number of nitrogens with one attached hydrogen (secondary N) is 1. The normalized spacial score (nSPS) is 21.1. The van der Waals surface area contributed by atoms with Crippen molar-refractivity contribution in [3.63, 3.8) is 0 Å². The quantitative estimate of drug-likeness (QED) is 0.425. The summed E-state index contributed by atoms with van der Waals surface area (Å²) in [5, 5.41) is 12.9. The van der Waals surface area contributed by atoms with Crippen molar-refractivity contribution in [2.45, 2.75) is 77.2 Å². The second-order valence-corrected chi connectivity index (χ2v) is 11.9. The molecule has 2 N–H and O–H groups in total. The van der Waals surface area contributed by atoms with Crippen molar-refractivity contribution in [3.8, 4) is 5.75 Å². The van der Waals surface area contributed by atoms with Gasteiger partial charge in [0.15, 0.2) is 0 Å². The molecule has 0 bridgehead atoms. The van der Waals surface area contributed by atoms with Crippen LogP contribution in [0.2, 0.25) is 0 Å². The molecule has 0 saturated heterocycles. The van der Waals surface area contributed by atoms with Gasteiger partial charge in [0.2, 0.25) is 11.8 Å². The van der Waals surface area contributed by atoms with Gasteiger partial charge >= 0.3 is 6.18 Å². The molecule has 1 saturated carbocycles. The number of hydrogen-bond acceptors (Lipinski definition) is 5. The summed E-state index contributed by atoms with van der Waals surface area (Å²) in [7, 11) is 1.88. The molecular weight excluding hydrogens is 547 g/mol. The number of halogens is 3. The highest BCUT2D eigenvalue weighted by Gasteiger charge is 2.32. The molecule has 4 rings (SSSR count). The van der Waals surface area contributed by atoms with Crippen LogP contribution in [0, 0.1) is 11.8 Å². The minimum absolute atomic E-state index is 0.00289. The van der Waals surface area contributed by atoms with E-state index in [1.807, 2.05) is 18.9 Å². The lowest BCUT2D eigenvalue weighted by molar-refractivity contribution is -0.137. The molecule has 0 aromatic heterocycles. The number of fused-ring (bicyclic) bond motifs is 1. The van der Waals surface area contributed by atoms with Crippen molar-refractivity contribution >= 4 is 17.5 Å². The predicted molar refractivity (Wildman–Crippen MR) is 155 cm³/mol. The zero-order valence-corrected chi connectivity index (χ0v) is 24.6. The first-order valence-electron chi connectivity index (χ1n) is 14.8. The van der Waals surface area contributed by atoms with E-state index >= 15 is 0 Å². The van der Waals surface area contributed by atoms with E-state index in [-0.39, 0.29) is 48.8 Å². The summed E-state index contributed by atoms with van der Waals surface area (Å²) >= 11 is 0. The van der Waals surface area contributed by atoms with Crippen LogP contribution in [0.15, 0.2) is 42.5 Å². The fraction of sp³-hybridized carbons (Fsp3) is 0.562. The molecule has 2 aromatic rings. The Morgan fingerprint density at radius 1 is 1.14 bits per heavy atom. The summed E-state index contributed by atoms with van der Waals surface area (Å²) < 4.78 is 45.5. The van der Waals surface area contributed by atoms with E-state index in [0.717, 1.165) is 49.8 Å². The van der Waals surface area contributed by atoms with Crippen LogP contribution in [-0.2, 0) is 28.7 Å². The summed E-state index contributed by atoms with van der Waals surface area (Å²) in [6.45, 7) is 4.86. The Bertz CT molecular complexity index is 1210. The molecule has 10 heteroatoms. The van der Waals surface area contributed by atoms with E-state index in [1.54, 1.807) is 30.0 Å². The third kappa shape index (κ3) is 8.25. The molecule has 1 aliphatic heterocycles. The fourth-order valence-electron chi connectivity index (χ4n) is 5.82. The Labute approximate surface area is 246 Å². The standard InChI is InChI=1S/C32H42F3N3O4/c1-21-17-38(22(2)20-39)30(40)16-25-15-27(36-31(41)24-7-5-4-6-8-24)13-14-28(25)42-29(21)19-37(3)18-23-9-11-26(12-10-23)32(33,34)35/h9-15,21-22,24,29,39H,4-8,16-20H2,1-3H3,(H,36,41)/t21-,22-,29+/m0/s1. The minimum Gasteiger partial charge on any atom is -0.488 e. The zero-order valence-electron chi connectivity index (χ0n) is 24.6. The number of rotatable bonds is 8. The van der Waals surface area contributed by atoms with Gasteiger partial charge in [-0.15, -0.1) is 0 Å². The predicted octanol–water partition coefficient (Wildman–Crippen LogP) is 5.51. The first kappa shape index (κ1) is 31.8. The van der Waals surface area contributed by atoms with Crippen molar-refractivity contribution < 1.29 is 32.6 Å². The van der Waals surface area contributed by atoms with Gasteiger partial charge in [-0.05, 0) is 62.7 Å². The number of carbonyl (C=O) groups excluding carboxylic acids is 2. The van der Waals surface area contributed by atoms with Crippen molar-refractivity contribution in [1.29, 1.82) is 0 Å². The molecule has 1 heterocycles. The van der Waals surface area contributed by atoms with E-state index in [1.165, 1.54) is 12.1 Å². The number of anilines is 1. The Morgan fingerprint density at radius 3 is 2.48 bits per heavy atom. The second kappa shape index (κ2) is 13.9. The number of nitrogens with zero attached hydrogens (tertiary/aromatic N) is 2. The Balaban J connectivity index is 1.54. The smallest absolute Gasteiger partial charge is 0.416 e. The Hall–Kier alpha value is -3.11. The number of alkyl halides is 3. The molecule has 42 heavy (non-hydrogen) atoms. The highest BCUT2D eigenvalue weighted by molar-refractivity contribution is 5.93. The molecule has 3 atom stereocenters. The largest absolute Gasteiger partial charge is 0.488 e. The van der Waals surface area contributed by atoms with Crippen LogP contribution in [0.4, 0.5) is 18.9 Å². The summed E-state index contributed by atoms with van der Waals surface area (Å²) in [6, 6.07) is 10.1. The van der Waals surface area contributed by atoms with Gasteiger partial charge in [-0.3, -0.25) is 14.5 Å². The molecule has 1 fully saturated rings. The van der Waals surface area contributed by atoms with Gasteiger partial charge in [0.25, 0.3) is 0 Å². The summed E-state index contributed by atoms with van der Waals surface area (Å²) in [5.74, 6) is 0.291. The monoisotopic (exact) mass is 589 g/mol. The number of ether oxygens (including phenoxy) is 1. The summed E-state index contributed by atoms with van der Waals surface area (Å²) in [5.41, 5.74) is 1.33. The Morgan fingerprint density at radius 2 is 1.83 bits per heavy atom. The van der Waals surface area contributed by atoms with Crippen LogP contribution in [0.5, 0.6) is 5.75 Å². The third-order valence-electron chi connectivity index (χ3n) is 8.39. The van der Waals surface area contributed by atoms with Crippen LogP contribution in [0.25, 0.3) is 0 Å². The lowest BCUT2D eigenvalue weighted by Crippen LogP contribution is -2.47. The van der Waals surface area contributed by atoms with Gasteiger partial charge in [0, 0.05) is 42.7 Å². The molecule has 1 aliphatic carbocycles. The highest BCUT2D eigenvalue weighted by atomic mass is 19.4. The first-order chi connectivity index (χ1) is 19.9. The molecule has 7 nitrogen and oxygen atoms in total. The molecule has 2 aliphatic rings. The van der Waals surface area contributed by atoms with Crippen molar-refractivity contribution in [2.24, 2.45) is 11.8 Å². The lowest BCUT2D eigenvalue weighted by atomic mass is 9.88. The molecule has 2 amide bonds. The lowest BCUT2D eigenvalue weighted by Gasteiger charge is -2.34. The van der Waals surface area contributed by atoms with E-state index < -0.39 is 11.7 Å². The van der Waals surface area contributed by atoms with Gasteiger partial charge in [-0.25, -0.2) is 0 Å². The fourth-order valence-corrected chi connectivity index (χ4v) is 5.82. The maximum atomic E-state index is 13.5. The van der Waals surface area contributed by atoms with Gasteiger partial charge in [-0.1, -0.05) is 38.3 Å². The number of carbonyl (C=O) groups is 2. The van der Waals surface area contributed by atoms with Gasteiger partial charge in [-0.2, -0.15) is 13.2 Å². The molecule has 2 aromatic carbocycles. The average Bonchev–Trinajstić information content (AvgIpc) is 3.00. The van der Waals surface area contributed by atoms with Crippen LogP contribution in [0.3, 0.4) is 0 Å². The number of aliphatic hydroxyl groups is 1. The number of likely N-dealkylation sites (N-methyl/N-ethyl adjacent to an activating group) is 1. The third-order valence-corrected chi connectivity index (χ3v) is 8.39. The zero-order chi connectivity index (χ0) is 30.4. The van der Waals surface area contributed by atoms with Gasteiger partial charge in [0.1, 0.15) is 11.9 Å². The minimum atomic E-state index is -4.38. The van der Waals surface area contributed by atoms with Gasteiger partial charge in [0.05, 0.1) is 24.6 Å². The molecule has 0 unspecified atom stereocenters. The van der Waals surface area contributed by atoms with E-state index in [0.29, 0.717) is 36.6 Å². The maximum absolute atomic E-state index is 13.5. The average molecular weight is 590 g/mol. The number of aliphatic hydroxyl groups excluding tert-OH is 1. The van der Waals surface area contributed by atoms with Crippen LogP contribution < -0.4 is 10.1 Å². The van der Waals surface area contributed by atoms with Crippen LogP contribution in [-0.4, -0.2) is 65.6 Å². The molecule has 0 radical (unpaired) electrons.